The van der Waals surface area contributed by atoms with Crippen molar-refractivity contribution in [3.05, 3.63) is 95.7 Å². The van der Waals surface area contributed by atoms with Crippen LogP contribution in [0.4, 0.5) is 5.82 Å². The van der Waals surface area contributed by atoms with E-state index in [1.807, 2.05) is 6.20 Å². The van der Waals surface area contributed by atoms with E-state index in [2.05, 4.69) is 84.6 Å². The van der Waals surface area contributed by atoms with Gasteiger partial charge < -0.3 is 4.90 Å². The van der Waals surface area contributed by atoms with E-state index in [-0.39, 0.29) is 5.41 Å². The van der Waals surface area contributed by atoms with Gasteiger partial charge in [0.15, 0.2) is 0 Å². The van der Waals surface area contributed by atoms with Gasteiger partial charge in [-0.2, -0.15) is 0 Å². The van der Waals surface area contributed by atoms with Crippen LogP contribution in [0.5, 0.6) is 0 Å². The number of rotatable bonds is 4. The van der Waals surface area contributed by atoms with Gasteiger partial charge in [-0.05, 0) is 23.6 Å². The maximum absolute atomic E-state index is 4.70. The minimum Gasteiger partial charge on any atom is -0.351 e. The molecule has 0 amide bonds. The molecule has 0 spiro atoms. The summed E-state index contributed by atoms with van der Waals surface area (Å²) in [5.41, 5.74) is 4.18. The van der Waals surface area contributed by atoms with Crippen molar-refractivity contribution in [2.75, 3.05) is 11.4 Å². The van der Waals surface area contributed by atoms with Crippen molar-refractivity contribution in [1.29, 1.82) is 0 Å². The van der Waals surface area contributed by atoms with Crippen molar-refractivity contribution >= 4 is 5.82 Å². The normalized spacial score (nSPS) is 19.3. The van der Waals surface area contributed by atoms with Crippen LogP contribution in [0.3, 0.4) is 0 Å². The molecule has 0 fully saturated rings. The highest BCUT2D eigenvalue weighted by atomic mass is 15.2. The first-order valence-electron chi connectivity index (χ1n) is 8.53. The lowest BCUT2D eigenvalue weighted by atomic mass is 9.79. The van der Waals surface area contributed by atoms with Gasteiger partial charge in [-0.25, -0.2) is 4.98 Å². The Labute approximate surface area is 143 Å². The van der Waals surface area contributed by atoms with Crippen molar-refractivity contribution in [2.24, 2.45) is 0 Å². The van der Waals surface area contributed by atoms with Gasteiger partial charge in [0.25, 0.3) is 0 Å². The summed E-state index contributed by atoms with van der Waals surface area (Å²) in [6.45, 7) is 4.28. The van der Waals surface area contributed by atoms with Crippen LogP contribution < -0.4 is 4.90 Å². The molecule has 0 N–H and O–H groups in total. The maximum atomic E-state index is 4.70. The molecule has 0 bridgehead atoms. The smallest absolute Gasteiger partial charge is 0.132 e. The highest BCUT2D eigenvalue weighted by Crippen LogP contribution is 2.41. The molecular formula is C22H22N2. The van der Waals surface area contributed by atoms with Crippen molar-refractivity contribution in [2.45, 2.75) is 25.3 Å². The molecule has 1 atom stereocenters. The molecule has 24 heavy (non-hydrogen) atoms. The van der Waals surface area contributed by atoms with Crippen molar-refractivity contribution in [3.8, 4) is 0 Å². The molecule has 0 saturated heterocycles. The summed E-state index contributed by atoms with van der Waals surface area (Å²) >= 11 is 0. The van der Waals surface area contributed by atoms with E-state index >= 15 is 0 Å². The van der Waals surface area contributed by atoms with Crippen LogP contribution in [-0.2, 0) is 18.4 Å². The summed E-state index contributed by atoms with van der Waals surface area (Å²) in [5.74, 6) is 1.14. The summed E-state index contributed by atoms with van der Waals surface area (Å²) in [6.07, 6.45) is 2.95. The van der Waals surface area contributed by atoms with E-state index in [9.17, 15) is 0 Å². The zero-order chi connectivity index (χ0) is 16.4. The second-order valence-electron chi connectivity index (χ2n) is 6.94. The van der Waals surface area contributed by atoms with Crippen LogP contribution in [0, 0.1) is 0 Å². The second-order valence-corrected chi connectivity index (χ2v) is 6.94. The first kappa shape index (κ1) is 14.9. The van der Waals surface area contributed by atoms with Crippen LogP contribution in [0.2, 0.25) is 0 Å². The Morgan fingerprint density at radius 1 is 0.875 bits per heavy atom. The van der Waals surface area contributed by atoms with E-state index < -0.39 is 0 Å². The highest BCUT2D eigenvalue weighted by Gasteiger charge is 2.39. The van der Waals surface area contributed by atoms with Gasteiger partial charge >= 0.3 is 0 Å². The average Bonchev–Trinajstić information content (AvgIpc) is 2.89. The predicted octanol–water partition coefficient (Wildman–Crippen LogP) is 4.60. The monoisotopic (exact) mass is 314 g/mol. The standard InChI is InChI=1S/C22H22N2/c1-22(15-18-9-4-2-5-10-18)17-24(16-19-11-6-3-7-12-19)21-20(22)13-8-14-23-21/h2-14H,15-17H2,1H3. The highest BCUT2D eigenvalue weighted by molar-refractivity contribution is 5.58. The third-order valence-corrected chi connectivity index (χ3v) is 4.93. The molecule has 0 aliphatic carbocycles. The van der Waals surface area contributed by atoms with Crippen LogP contribution in [-0.4, -0.2) is 11.5 Å². The minimum absolute atomic E-state index is 0.0970. The predicted molar refractivity (Wildman–Crippen MR) is 99.2 cm³/mol. The largest absolute Gasteiger partial charge is 0.351 e. The SMILES string of the molecule is CC1(Cc2ccccc2)CN(Cc2ccccc2)c2ncccc21. The average molecular weight is 314 g/mol. The third kappa shape index (κ3) is 2.80. The summed E-state index contributed by atoms with van der Waals surface area (Å²) in [7, 11) is 0. The molecule has 2 heterocycles. The van der Waals surface area contributed by atoms with E-state index in [1.165, 1.54) is 16.7 Å². The summed E-state index contributed by atoms with van der Waals surface area (Å²) in [6, 6.07) is 25.7. The summed E-state index contributed by atoms with van der Waals surface area (Å²) in [5, 5.41) is 0. The van der Waals surface area contributed by atoms with Crippen molar-refractivity contribution in [3.63, 3.8) is 0 Å². The molecule has 4 rings (SSSR count). The first-order chi connectivity index (χ1) is 11.7. The zero-order valence-electron chi connectivity index (χ0n) is 14.0. The fourth-order valence-corrected chi connectivity index (χ4v) is 3.83. The Hall–Kier alpha value is -2.61. The van der Waals surface area contributed by atoms with Gasteiger partial charge in [0.2, 0.25) is 0 Å². The van der Waals surface area contributed by atoms with Gasteiger partial charge in [-0.3, -0.25) is 0 Å². The Kier molecular flexibility index (Phi) is 3.81. The van der Waals surface area contributed by atoms with E-state index in [4.69, 9.17) is 4.98 Å². The van der Waals surface area contributed by atoms with Crippen LogP contribution in [0.25, 0.3) is 0 Å². The molecule has 120 valence electrons. The molecule has 1 unspecified atom stereocenters. The molecule has 2 heteroatoms. The fraction of sp³-hybridized carbons (Fsp3) is 0.227. The van der Waals surface area contributed by atoms with Crippen LogP contribution in [0.15, 0.2) is 79.0 Å². The van der Waals surface area contributed by atoms with E-state index in [0.717, 1.165) is 25.3 Å². The quantitative estimate of drug-likeness (QED) is 0.699. The van der Waals surface area contributed by atoms with Crippen molar-refractivity contribution in [1.82, 2.24) is 4.98 Å². The van der Waals surface area contributed by atoms with Crippen LogP contribution >= 0.6 is 0 Å². The second kappa shape index (κ2) is 6.12. The number of nitrogens with zero attached hydrogens (tertiary/aromatic N) is 2. The number of anilines is 1. The Morgan fingerprint density at radius 3 is 2.25 bits per heavy atom. The molecule has 3 aromatic rings. The molecule has 1 aliphatic heterocycles. The number of aromatic nitrogens is 1. The van der Waals surface area contributed by atoms with Gasteiger partial charge in [0.1, 0.15) is 5.82 Å². The first-order valence-corrected chi connectivity index (χ1v) is 8.53. The van der Waals surface area contributed by atoms with Crippen LogP contribution in [0.1, 0.15) is 23.6 Å². The summed E-state index contributed by atoms with van der Waals surface area (Å²) in [4.78, 5) is 7.12. The van der Waals surface area contributed by atoms with Gasteiger partial charge in [0.05, 0.1) is 0 Å². The van der Waals surface area contributed by atoms with Gasteiger partial charge in [-0.1, -0.05) is 73.7 Å². The maximum Gasteiger partial charge on any atom is 0.132 e. The third-order valence-electron chi connectivity index (χ3n) is 4.93. The Bertz CT molecular complexity index is 814. The molecule has 2 nitrogen and oxygen atoms in total. The lowest BCUT2D eigenvalue weighted by Gasteiger charge is -2.26. The van der Waals surface area contributed by atoms with Gasteiger partial charge in [0, 0.05) is 30.3 Å². The number of fused-ring (bicyclic) bond motifs is 1. The summed E-state index contributed by atoms with van der Waals surface area (Å²) < 4.78 is 0. The molecule has 1 aromatic heterocycles. The Morgan fingerprint density at radius 2 is 1.54 bits per heavy atom. The zero-order valence-corrected chi connectivity index (χ0v) is 14.0. The minimum atomic E-state index is 0.0970. The molecular weight excluding hydrogens is 292 g/mol. The number of pyridine rings is 1. The Balaban J connectivity index is 1.65. The lowest BCUT2D eigenvalue weighted by Crippen LogP contribution is -2.32. The number of benzene rings is 2. The lowest BCUT2D eigenvalue weighted by molar-refractivity contribution is 0.493. The molecule has 0 radical (unpaired) electrons. The van der Waals surface area contributed by atoms with E-state index in [1.54, 1.807) is 0 Å². The molecule has 0 saturated carbocycles. The number of hydrogen-bond acceptors (Lipinski definition) is 2. The van der Waals surface area contributed by atoms with Crippen molar-refractivity contribution < 1.29 is 0 Å². The molecule has 1 aliphatic rings. The van der Waals surface area contributed by atoms with E-state index in [0.29, 0.717) is 0 Å². The topological polar surface area (TPSA) is 16.1 Å². The fourth-order valence-electron chi connectivity index (χ4n) is 3.83. The van der Waals surface area contributed by atoms with Gasteiger partial charge in [-0.15, -0.1) is 0 Å². The molecule has 2 aromatic carbocycles. The number of hydrogen-bond donors (Lipinski definition) is 0.